The molecule has 2 fully saturated rings. The summed E-state index contributed by atoms with van der Waals surface area (Å²) in [5, 5.41) is 5.14. The number of ether oxygens (including phenoxy) is 1. The molecule has 1 aromatic rings. The molecule has 4 rings (SSSR count). The molecule has 0 spiro atoms. The average Bonchev–Trinajstić information content (AvgIpc) is 2.54. The van der Waals surface area contributed by atoms with E-state index in [-0.39, 0.29) is 5.41 Å². The van der Waals surface area contributed by atoms with Crippen molar-refractivity contribution in [3.05, 3.63) is 34.2 Å². The van der Waals surface area contributed by atoms with Gasteiger partial charge in [-0.2, -0.15) is 0 Å². The van der Waals surface area contributed by atoms with Gasteiger partial charge >= 0.3 is 0 Å². The first-order valence-electron chi connectivity index (χ1n) is 8.06. The van der Waals surface area contributed by atoms with Crippen molar-refractivity contribution in [2.45, 2.75) is 50.0 Å². The number of fused-ring (bicyclic) bond motifs is 1. The lowest BCUT2D eigenvalue weighted by atomic mass is 9.52. The summed E-state index contributed by atoms with van der Waals surface area (Å²) in [4.78, 5) is 11.2. The summed E-state index contributed by atoms with van der Waals surface area (Å²) in [5.74, 6) is 1.54. The highest BCUT2D eigenvalue weighted by Crippen LogP contribution is 2.56. The molecule has 0 amide bonds. The first kappa shape index (κ1) is 13.1. The van der Waals surface area contributed by atoms with Crippen LogP contribution in [-0.2, 0) is 11.8 Å². The molecule has 0 N–H and O–H groups in total. The van der Waals surface area contributed by atoms with Gasteiger partial charge in [0.1, 0.15) is 5.75 Å². The van der Waals surface area contributed by atoms with Gasteiger partial charge in [-0.3, -0.25) is 5.01 Å². The summed E-state index contributed by atoms with van der Waals surface area (Å²) in [5.41, 5.74) is 3.15. The lowest BCUT2D eigenvalue weighted by Gasteiger charge is -2.57. The molecule has 2 bridgehead atoms. The van der Waals surface area contributed by atoms with Crippen molar-refractivity contribution in [2.75, 3.05) is 13.7 Å². The lowest BCUT2D eigenvalue weighted by molar-refractivity contribution is -0.0112. The number of piperidine rings is 1. The van der Waals surface area contributed by atoms with E-state index in [1.54, 1.807) is 7.11 Å². The largest absolute Gasteiger partial charge is 0.497 e. The summed E-state index contributed by atoms with van der Waals surface area (Å²) in [6, 6.07) is 6.81. The second kappa shape index (κ2) is 4.72. The van der Waals surface area contributed by atoms with Crippen LogP contribution in [0, 0.1) is 10.8 Å². The highest BCUT2D eigenvalue weighted by Gasteiger charge is 2.54. The molecule has 1 saturated carbocycles. The van der Waals surface area contributed by atoms with Crippen LogP contribution in [0.3, 0.4) is 0 Å². The van der Waals surface area contributed by atoms with Crippen LogP contribution in [0.4, 0.5) is 0 Å². The van der Waals surface area contributed by atoms with E-state index in [4.69, 9.17) is 4.74 Å². The number of methoxy groups -OCH3 is 1. The molecule has 112 valence electrons. The zero-order valence-corrected chi connectivity index (χ0v) is 12.5. The molecular formula is C17H22N2O2. The minimum atomic E-state index is 0.256. The van der Waals surface area contributed by atoms with Crippen LogP contribution in [0.5, 0.6) is 5.75 Å². The number of hydrogen-bond donors (Lipinski definition) is 0. The van der Waals surface area contributed by atoms with Gasteiger partial charge in [0.05, 0.1) is 18.4 Å². The molecular weight excluding hydrogens is 264 g/mol. The summed E-state index contributed by atoms with van der Waals surface area (Å²) in [6.45, 7) is 0.807. The standard InChI is InChI=1S/C17H22N2O2/c1-21-13-6-5-12-10-16-14-4-2-3-7-17(14,15(12)11-13)8-9-19(16)18-20/h5-6,11,14,16H,2-4,7-10H2,1H3/t14-,16+,17+/m1/s1. The fourth-order valence-electron chi connectivity index (χ4n) is 5.19. The van der Waals surface area contributed by atoms with Crippen LogP contribution in [0.15, 0.2) is 23.5 Å². The van der Waals surface area contributed by atoms with Gasteiger partial charge in [0.25, 0.3) is 0 Å². The Morgan fingerprint density at radius 3 is 3.05 bits per heavy atom. The van der Waals surface area contributed by atoms with Crippen molar-refractivity contribution in [1.82, 2.24) is 5.01 Å². The number of benzene rings is 1. The molecule has 3 atom stereocenters. The van der Waals surface area contributed by atoms with Crippen LogP contribution >= 0.6 is 0 Å². The van der Waals surface area contributed by atoms with Gasteiger partial charge < -0.3 is 4.74 Å². The van der Waals surface area contributed by atoms with Crippen LogP contribution in [0.2, 0.25) is 0 Å². The van der Waals surface area contributed by atoms with E-state index in [0.717, 1.165) is 25.1 Å². The topological polar surface area (TPSA) is 41.9 Å². The average molecular weight is 286 g/mol. The van der Waals surface area contributed by atoms with Gasteiger partial charge in [0, 0.05) is 12.0 Å². The Bertz CT molecular complexity index is 574. The summed E-state index contributed by atoms with van der Waals surface area (Å²) in [7, 11) is 1.74. The van der Waals surface area contributed by atoms with Gasteiger partial charge in [-0.25, -0.2) is 0 Å². The first-order chi connectivity index (χ1) is 10.3. The zero-order chi connectivity index (χ0) is 14.4. The Morgan fingerprint density at radius 1 is 1.33 bits per heavy atom. The number of nitrogens with zero attached hydrogens (tertiary/aromatic N) is 2. The molecule has 1 heterocycles. The monoisotopic (exact) mass is 286 g/mol. The normalized spacial score (nSPS) is 33.9. The predicted octanol–water partition coefficient (Wildman–Crippen LogP) is 3.44. The van der Waals surface area contributed by atoms with E-state index in [1.807, 2.05) is 11.1 Å². The van der Waals surface area contributed by atoms with Crippen molar-refractivity contribution in [1.29, 1.82) is 0 Å². The maximum Gasteiger partial charge on any atom is 0.119 e. The SMILES string of the molecule is COc1ccc2c(c1)[C@]13CCCC[C@@H]1[C@H](C2)N(N=O)CC3. The third-order valence-electron chi connectivity index (χ3n) is 6.12. The van der Waals surface area contributed by atoms with E-state index in [9.17, 15) is 4.91 Å². The van der Waals surface area contributed by atoms with E-state index < -0.39 is 0 Å². The molecule has 2 aliphatic carbocycles. The van der Waals surface area contributed by atoms with Crippen LogP contribution in [0.1, 0.15) is 43.2 Å². The molecule has 4 nitrogen and oxygen atoms in total. The number of hydrogen-bond acceptors (Lipinski definition) is 3. The highest BCUT2D eigenvalue weighted by molar-refractivity contribution is 5.45. The van der Waals surface area contributed by atoms with Crippen molar-refractivity contribution in [3.8, 4) is 5.75 Å². The second-order valence-corrected chi connectivity index (χ2v) is 6.80. The van der Waals surface area contributed by atoms with Crippen molar-refractivity contribution >= 4 is 0 Å². The van der Waals surface area contributed by atoms with E-state index in [2.05, 4.69) is 17.4 Å². The van der Waals surface area contributed by atoms with Crippen LogP contribution in [0.25, 0.3) is 0 Å². The van der Waals surface area contributed by atoms with Crippen LogP contribution < -0.4 is 4.74 Å². The van der Waals surface area contributed by atoms with Gasteiger partial charge in [-0.1, -0.05) is 18.9 Å². The Labute approximate surface area is 125 Å². The van der Waals surface area contributed by atoms with E-state index >= 15 is 0 Å². The third kappa shape index (κ3) is 1.74. The van der Waals surface area contributed by atoms with Crippen molar-refractivity contribution in [3.63, 3.8) is 0 Å². The Kier molecular flexibility index (Phi) is 2.95. The lowest BCUT2D eigenvalue weighted by Crippen LogP contribution is -2.59. The fraction of sp³-hybridized carbons (Fsp3) is 0.647. The van der Waals surface area contributed by atoms with Crippen LogP contribution in [-0.4, -0.2) is 24.7 Å². The summed E-state index contributed by atoms with van der Waals surface area (Å²) >= 11 is 0. The van der Waals surface area contributed by atoms with Crippen molar-refractivity contribution < 1.29 is 4.74 Å². The minimum Gasteiger partial charge on any atom is -0.497 e. The summed E-state index contributed by atoms with van der Waals surface area (Å²) < 4.78 is 5.46. The highest BCUT2D eigenvalue weighted by atomic mass is 16.5. The van der Waals surface area contributed by atoms with Gasteiger partial charge in [0.2, 0.25) is 0 Å². The molecule has 3 aliphatic rings. The molecule has 4 heteroatoms. The maximum atomic E-state index is 11.2. The Morgan fingerprint density at radius 2 is 2.24 bits per heavy atom. The molecule has 21 heavy (non-hydrogen) atoms. The molecule has 0 unspecified atom stereocenters. The Hall–Kier alpha value is -1.58. The Balaban J connectivity index is 1.87. The van der Waals surface area contributed by atoms with Crippen molar-refractivity contribution in [2.24, 2.45) is 11.2 Å². The molecule has 1 saturated heterocycles. The quantitative estimate of drug-likeness (QED) is 0.782. The van der Waals surface area contributed by atoms with Gasteiger partial charge in [0.15, 0.2) is 0 Å². The predicted molar refractivity (Wildman–Crippen MR) is 81.2 cm³/mol. The van der Waals surface area contributed by atoms with E-state index in [0.29, 0.717) is 12.0 Å². The first-order valence-corrected chi connectivity index (χ1v) is 8.06. The minimum absolute atomic E-state index is 0.256. The van der Waals surface area contributed by atoms with Gasteiger partial charge in [-0.05, 0) is 54.9 Å². The van der Waals surface area contributed by atoms with Gasteiger partial charge in [-0.15, -0.1) is 4.91 Å². The second-order valence-electron chi connectivity index (χ2n) is 6.80. The third-order valence-corrected chi connectivity index (χ3v) is 6.12. The fourth-order valence-corrected chi connectivity index (χ4v) is 5.19. The molecule has 0 radical (unpaired) electrons. The molecule has 1 aliphatic heterocycles. The summed E-state index contributed by atoms with van der Waals surface area (Å²) in [6.07, 6.45) is 7.08. The number of rotatable bonds is 2. The zero-order valence-electron chi connectivity index (χ0n) is 12.5. The van der Waals surface area contributed by atoms with E-state index in [1.165, 1.54) is 36.8 Å². The smallest absolute Gasteiger partial charge is 0.119 e. The molecule has 1 aromatic carbocycles. The maximum absolute atomic E-state index is 11.2. The molecule has 0 aromatic heterocycles. The number of nitroso groups, excluding NO2 is 1.